The summed E-state index contributed by atoms with van der Waals surface area (Å²) in [5, 5.41) is 10.7. The van der Waals surface area contributed by atoms with Gasteiger partial charge < -0.3 is 10.5 Å². The van der Waals surface area contributed by atoms with Gasteiger partial charge in [0.15, 0.2) is 5.82 Å². The summed E-state index contributed by atoms with van der Waals surface area (Å²) in [4.78, 5) is 11.7. The average molecular weight is 233 g/mol. The summed E-state index contributed by atoms with van der Waals surface area (Å²) in [7, 11) is 0. The van der Waals surface area contributed by atoms with Crippen LogP contribution in [0, 0.1) is 6.92 Å². The molecular weight excluding hydrogens is 222 g/mol. The zero-order chi connectivity index (χ0) is 12.3. The maximum Gasteiger partial charge on any atom is 0.351 e. The molecule has 0 fully saturated rings. The van der Waals surface area contributed by atoms with Crippen LogP contribution in [0.3, 0.4) is 0 Å². The molecule has 1 heterocycles. The highest BCUT2D eigenvalue weighted by atomic mass is 16.5. The molecule has 7 nitrogen and oxygen atoms in total. The SMILES string of the molecule is Cc1nnnn1C(N)C(=O)Oc1ccccc1. The molecule has 88 valence electrons. The first-order valence-corrected chi connectivity index (χ1v) is 4.95. The molecule has 2 aromatic rings. The van der Waals surface area contributed by atoms with Crippen molar-refractivity contribution in [2.75, 3.05) is 0 Å². The lowest BCUT2D eigenvalue weighted by Crippen LogP contribution is -2.32. The number of ether oxygens (including phenoxy) is 1. The molecule has 1 atom stereocenters. The second-order valence-corrected chi connectivity index (χ2v) is 3.35. The largest absolute Gasteiger partial charge is 0.424 e. The smallest absolute Gasteiger partial charge is 0.351 e. The summed E-state index contributed by atoms with van der Waals surface area (Å²) in [6.45, 7) is 1.65. The molecule has 1 aromatic carbocycles. The number of esters is 1. The summed E-state index contributed by atoms with van der Waals surface area (Å²) in [6, 6.07) is 8.67. The van der Waals surface area contributed by atoms with Crippen LogP contribution in [0.25, 0.3) is 0 Å². The minimum absolute atomic E-state index is 0.429. The number of carbonyl (C=O) groups is 1. The first-order valence-electron chi connectivity index (χ1n) is 4.95. The van der Waals surface area contributed by atoms with Crippen LogP contribution in [0.15, 0.2) is 30.3 Å². The van der Waals surface area contributed by atoms with Gasteiger partial charge in [-0.3, -0.25) is 0 Å². The molecule has 2 rings (SSSR count). The van der Waals surface area contributed by atoms with E-state index >= 15 is 0 Å². The van der Waals surface area contributed by atoms with Crippen molar-refractivity contribution in [3.63, 3.8) is 0 Å². The van der Waals surface area contributed by atoms with Gasteiger partial charge in [-0.15, -0.1) is 5.10 Å². The molecule has 0 spiro atoms. The predicted octanol–water partition coefficient (Wildman–Crippen LogP) is 0.0444. The van der Waals surface area contributed by atoms with E-state index in [-0.39, 0.29) is 0 Å². The van der Waals surface area contributed by atoms with Gasteiger partial charge in [-0.05, 0) is 29.5 Å². The highest BCUT2D eigenvalue weighted by Gasteiger charge is 2.21. The highest BCUT2D eigenvalue weighted by Crippen LogP contribution is 2.11. The first kappa shape index (κ1) is 11.2. The topological polar surface area (TPSA) is 95.9 Å². The number of tetrazole rings is 1. The Labute approximate surface area is 97.2 Å². The summed E-state index contributed by atoms with van der Waals surface area (Å²) in [6.07, 6.45) is -1.05. The van der Waals surface area contributed by atoms with Crippen LogP contribution in [0.1, 0.15) is 12.0 Å². The van der Waals surface area contributed by atoms with Gasteiger partial charge in [-0.1, -0.05) is 18.2 Å². The Morgan fingerprint density at radius 3 is 2.71 bits per heavy atom. The van der Waals surface area contributed by atoms with E-state index in [0.29, 0.717) is 11.6 Å². The van der Waals surface area contributed by atoms with Gasteiger partial charge in [0, 0.05) is 0 Å². The van der Waals surface area contributed by atoms with Crippen molar-refractivity contribution in [2.45, 2.75) is 13.1 Å². The summed E-state index contributed by atoms with van der Waals surface area (Å²) >= 11 is 0. The standard InChI is InChI=1S/C10H11N5O2/c1-7-12-13-14-15(7)9(11)10(16)17-8-5-3-2-4-6-8/h2-6,9H,11H2,1H3. The molecule has 1 unspecified atom stereocenters. The molecule has 0 amide bonds. The quantitative estimate of drug-likeness (QED) is 0.594. The lowest BCUT2D eigenvalue weighted by Gasteiger charge is -2.11. The Kier molecular flexibility index (Phi) is 3.10. The molecule has 0 aliphatic rings. The lowest BCUT2D eigenvalue weighted by atomic mass is 10.3. The number of benzene rings is 1. The van der Waals surface area contributed by atoms with Gasteiger partial charge in [0.2, 0.25) is 6.17 Å². The Bertz CT molecular complexity index is 510. The molecule has 1 aromatic heterocycles. The number of nitrogens with zero attached hydrogens (tertiary/aromatic N) is 4. The van der Waals surface area contributed by atoms with Gasteiger partial charge in [-0.25, -0.2) is 9.48 Å². The maximum atomic E-state index is 11.7. The molecule has 17 heavy (non-hydrogen) atoms. The number of aromatic nitrogens is 4. The maximum absolute atomic E-state index is 11.7. The third-order valence-corrected chi connectivity index (χ3v) is 2.12. The second kappa shape index (κ2) is 4.71. The lowest BCUT2D eigenvalue weighted by molar-refractivity contribution is -0.138. The van der Waals surface area contributed by atoms with Crippen molar-refractivity contribution >= 4 is 5.97 Å². The summed E-state index contributed by atoms with van der Waals surface area (Å²) < 4.78 is 6.27. The van der Waals surface area contributed by atoms with Gasteiger partial charge >= 0.3 is 5.97 Å². The minimum Gasteiger partial charge on any atom is -0.424 e. The Morgan fingerprint density at radius 1 is 1.41 bits per heavy atom. The number of aryl methyl sites for hydroxylation is 1. The zero-order valence-electron chi connectivity index (χ0n) is 9.15. The fraction of sp³-hybridized carbons (Fsp3) is 0.200. The molecular formula is C10H11N5O2. The van der Waals surface area contributed by atoms with Crippen molar-refractivity contribution in [1.82, 2.24) is 20.2 Å². The van der Waals surface area contributed by atoms with Gasteiger partial charge in [0.05, 0.1) is 0 Å². The monoisotopic (exact) mass is 233 g/mol. The molecule has 0 aliphatic heterocycles. The molecule has 0 saturated heterocycles. The van der Waals surface area contributed by atoms with Gasteiger partial charge in [-0.2, -0.15) is 0 Å². The molecule has 0 radical (unpaired) electrons. The fourth-order valence-corrected chi connectivity index (χ4v) is 1.26. The van der Waals surface area contributed by atoms with E-state index in [2.05, 4.69) is 15.5 Å². The van der Waals surface area contributed by atoms with Crippen LogP contribution in [0.5, 0.6) is 5.75 Å². The van der Waals surface area contributed by atoms with Crippen LogP contribution in [-0.4, -0.2) is 26.2 Å². The summed E-state index contributed by atoms with van der Waals surface area (Å²) in [5.41, 5.74) is 5.68. The van der Waals surface area contributed by atoms with Gasteiger partial charge in [0.25, 0.3) is 0 Å². The Hall–Kier alpha value is -2.28. The third kappa shape index (κ3) is 2.45. The number of carbonyl (C=O) groups excluding carboxylic acids is 1. The second-order valence-electron chi connectivity index (χ2n) is 3.35. The van der Waals surface area contributed by atoms with E-state index in [1.807, 2.05) is 6.07 Å². The number of hydrogen-bond acceptors (Lipinski definition) is 6. The van der Waals surface area contributed by atoms with Crippen LogP contribution in [-0.2, 0) is 4.79 Å². The first-order chi connectivity index (χ1) is 8.18. The summed E-state index contributed by atoms with van der Waals surface area (Å²) in [5.74, 6) is 0.257. The van der Waals surface area contributed by atoms with Crippen LogP contribution in [0.2, 0.25) is 0 Å². The van der Waals surface area contributed by atoms with Crippen molar-refractivity contribution in [3.05, 3.63) is 36.2 Å². The number of rotatable bonds is 3. The molecule has 2 N–H and O–H groups in total. The van der Waals surface area contributed by atoms with Crippen LogP contribution < -0.4 is 10.5 Å². The van der Waals surface area contributed by atoms with E-state index in [9.17, 15) is 4.79 Å². The third-order valence-electron chi connectivity index (χ3n) is 2.12. The van der Waals surface area contributed by atoms with Crippen molar-refractivity contribution in [3.8, 4) is 5.75 Å². The number of hydrogen-bond donors (Lipinski definition) is 1. The Morgan fingerprint density at radius 2 is 2.12 bits per heavy atom. The molecule has 7 heteroatoms. The van der Waals surface area contributed by atoms with E-state index in [4.69, 9.17) is 10.5 Å². The van der Waals surface area contributed by atoms with E-state index in [0.717, 1.165) is 0 Å². The van der Waals surface area contributed by atoms with Crippen molar-refractivity contribution < 1.29 is 9.53 Å². The molecule has 0 saturated carbocycles. The average Bonchev–Trinajstić information content (AvgIpc) is 2.76. The zero-order valence-corrected chi connectivity index (χ0v) is 9.15. The van der Waals surface area contributed by atoms with Crippen LogP contribution in [0.4, 0.5) is 0 Å². The van der Waals surface area contributed by atoms with Crippen molar-refractivity contribution in [2.24, 2.45) is 5.73 Å². The van der Waals surface area contributed by atoms with E-state index in [1.165, 1.54) is 4.68 Å². The minimum atomic E-state index is -1.05. The highest BCUT2D eigenvalue weighted by molar-refractivity contribution is 5.76. The van der Waals surface area contributed by atoms with E-state index in [1.54, 1.807) is 31.2 Å². The number of nitrogens with two attached hydrogens (primary N) is 1. The van der Waals surface area contributed by atoms with E-state index < -0.39 is 12.1 Å². The van der Waals surface area contributed by atoms with Gasteiger partial charge in [0.1, 0.15) is 5.75 Å². The number of para-hydroxylation sites is 1. The Balaban J connectivity index is 2.09. The molecule has 0 aliphatic carbocycles. The van der Waals surface area contributed by atoms with Crippen LogP contribution >= 0.6 is 0 Å². The van der Waals surface area contributed by atoms with Crippen molar-refractivity contribution in [1.29, 1.82) is 0 Å². The normalized spacial score (nSPS) is 12.1. The predicted molar refractivity (Wildman–Crippen MR) is 57.9 cm³/mol. The molecule has 0 bridgehead atoms. The fourth-order valence-electron chi connectivity index (χ4n) is 1.26.